The molecule has 1 aromatic rings. The van der Waals surface area contributed by atoms with Crippen LogP contribution in [0.4, 0.5) is 0 Å². The van der Waals surface area contributed by atoms with Crippen molar-refractivity contribution < 1.29 is 14.9 Å². The first-order valence-corrected chi connectivity index (χ1v) is 6.86. The number of hydrogen-bond acceptors (Lipinski definition) is 4. The van der Waals surface area contributed by atoms with Gasteiger partial charge in [-0.1, -0.05) is 28.9 Å². The summed E-state index contributed by atoms with van der Waals surface area (Å²) in [4.78, 5) is 0. The van der Waals surface area contributed by atoms with E-state index in [1.54, 1.807) is 0 Å². The lowest BCUT2D eigenvalue weighted by atomic mass is 10.2. The van der Waals surface area contributed by atoms with Crippen LogP contribution in [0, 0.1) is 0 Å². The highest BCUT2D eigenvalue weighted by Crippen LogP contribution is 2.17. The molecule has 0 aliphatic rings. The lowest BCUT2D eigenvalue weighted by Crippen LogP contribution is -2.35. The van der Waals surface area contributed by atoms with Crippen LogP contribution in [0.1, 0.15) is 13.3 Å². The second-order valence-electron chi connectivity index (χ2n) is 4.14. The van der Waals surface area contributed by atoms with Crippen LogP contribution in [0.3, 0.4) is 0 Å². The molecule has 0 bridgehead atoms. The quantitative estimate of drug-likeness (QED) is 0.681. The van der Waals surface area contributed by atoms with E-state index in [9.17, 15) is 10.2 Å². The monoisotopic (exact) mass is 317 g/mol. The van der Waals surface area contributed by atoms with Crippen LogP contribution < -0.4 is 10.1 Å². The number of aliphatic hydroxyl groups is 2. The molecule has 3 N–H and O–H groups in total. The highest BCUT2D eigenvalue weighted by Gasteiger charge is 2.06. The molecule has 18 heavy (non-hydrogen) atoms. The van der Waals surface area contributed by atoms with Crippen molar-refractivity contribution in [2.24, 2.45) is 0 Å². The van der Waals surface area contributed by atoms with Gasteiger partial charge in [-0.2, -0.15) is 0 Å². The molecule has 2 atom stereocenters. The van der Waals surface area contributed by atoms with Gasteiger partial charge in [0, 0.05) is 17.6 Å². The van der Waals surface area contributed by atoms with E-state index in [4.69, 9.17) is 4.74 Å². The zero-order valence-electron chi connectivity index (χ0n) is 10.5. The van der Waals surface area contributed by atoms with Crippen molar-refractivity contribution in [2.75, 3.05) is 19.7 Å². The zero-order valence-corrected chi connectivity index (χ0v) is 12.1. The van der Waals surface area contributed by atoms with Crippen LogP contribution >= 0.6 is 15.9 Å². The van der Waals surface area contributed by atoms with Gasteiger partial charge in [0.05, 0.1) is 6.10 Å². The third kappa shape index (κ3) is 6.35. The minimum atomic E-state index is -0.590. The Kier molecular flexibility index (Phi) is 7.27. The van der Waals surface area contributed by atoms with E-state index >= 15 is 0 Å². The summed E-state index contributed by atoms with van der Waals surface area (Å²) in [5.74, 6) is 0.719. The Morgan fingerprint density at radius 3 is 2.67 bits per heavy atom. The van der Waals surface area contributed by atoms with Crippen molar-refractivity contribution in [3.05, 3.63) is 28.7 Å². The van der Waals surface area contributed by atoms with Crippen molar-refractivity contribution in [1.29, 1.82) is 0 Å². The first kappa shape index (κ1) is 15.4. The minimum absolute atomic E-state index is 0.228. The van der Waals surface area contributed by atoms with Crippen LogP contribution in [0.25, 0.3) is 0 Å². The molecule has 1 aromatic carbocycles. The number of rotatable bonds is 8. The van der Waals surface area contributed by atoms with E-state index in [1.165, 1.54) is 0 Å². The molecule has 0 aliphatic carbocycles. The lowest BCUT2D eigenvalue weighted by molar-refractivity contribution is 0.0991. The number of hydrogen-bond donors (Lipinski definition) is 3. The summed E-state index contributed by atoms with van der Waals surface area (Å²) in [7, 11) is 0. The molecule has 0 heterocycles. The van der Waals surface area contributed by atoms with E-state index in [2.05, 4.69) is 21.2 Å². The summed E-state index contributed by atoms with van der Waals surface area (Å²) in [5, 5.41) is 22.0. The van der Waals surface area contributed by atoms with Crippen molar-refractivity contribution >= 4 is 15.9 Å². The molecule has 0 fully saturated rings. The van der Waals surface area contributed by atoms with Crippen molar-refractivity contribution in [3.8, 4) is 5.75 Å². The van der Waals surface area contributed by atoms with Gasteiger partial charge in [0.15, 0.2) is 0 Å². The predicted molar refractivity (Wildman–Crippen MR) is 74.8 cm³/mol. The normalized spacial score (nSPS) is 14.2. The molecule has 102 valence electrons. The number of ether oxygens (including phenoxy) is 1. The molecule has 1 rings (SSSR count). The fourth-order valence-electron chi connectivity index (χ4n) is 1.37. The van der Waals surface area contributed by atoms with Gasteiger partial charge in [-0.25, -0.2) is 0 Å². The second-order valence-corrected chi connectivity index (χ2v) is 5.06. The van der Waals surface area contributed by atoms with Gasteiger partial charge in [-0.05, 0) is 24.6 Å². The van der Waals surface area contributed by atoms with Gasteiger partial charge < -0.3 is 20.3 Å². The van der Waals surface area contributed by atoms with Gasteiger partial charge in [0.25, 0.3) is 0 Å². The Balaban J connectivity index is 2.19. The summed E-state index contributed by atoms with van der Waals surface area (Å²) in [6.45, 7) is 3.04. The number of benzene rings is 1. The Bertz CT molecular complexity index is 349. The fourth-order valence-corrected chi connectivity index (χ4v) is 1.75. The van der Waals surface area contributed by atoms with E-state index in [0.29, 0.717) is 19.5 Å². The standard InChI is InChI=1S/C13H20BrNO3/c1-2-11(16)7-15-8-12(17)9-18-13-5-3-4-10(14)6-13/h3-6,11-12,15-17H,2,7-9H2,1H3. The number of halogens is 1. The summed E-state index contributed by atoms with van der Waals surface area (Å²) in [6, 6.07) is 7.48. The highest BCUT2D eigenvalue weighted by atomic mass is 79.9. The average molecular weight is 318 g/mol. The summed E-state index contributed by atoms with van der Waals surface area (Å²) in [5.41, 5.74) is 0. The second kappa shape index (κ2) is 8.48. The van der Waals surface area contributed by atoms with Crippen LogP contribution in [0.15, 0.2) is 28.7 Å². The number of aliphatic hydroxyl groups excluding tert-OH is 2. The lowest BCUT2D eigenvalue weighted by Gasteiger charge is -2.14. The first-order chi connectivity index (χ1) is 8.61. The summed E-state index contributed by atoms with van der Waals surface area (Å²) < 4.78 is 6.39. The predicted octanol–water partition coefficient (Wildman–Crippen LogP) is 1.55. The van der Waals surface area contributed by atoms with E-state index in [0.717, 1.165) is 10.2 Å². The van der Waals surface area contributed by atoms with Crippen molar-refractivity contribution in [3.63, 3.8) is 0 Å². The SMILES string of the molecule is CCC(O)CNCC(O)COc1cccc(Br)c1. The Hall–Kier alpha value is -0.620. The van der Waals surface area contributed by atoms with Crippen LogP contribution in [0.2, 0.25) is 0 Å². The van der Waals surface area contributed by atoms with Gasteiger partial charge >= 0.3 is 0 Å². The molecule has 0 amide bonds. The maximum atomic E-state index is 9.68. The third-order valence-corrected chi connectivity index (χ3v) is 2.96. The van der Waals surface area contributed by atoms with Crippen LogP contribution in [-0.2, 0) is 0 Å². The Morgan fingerprint density at radius 2 is 2.00 bits per heavy atom. The van der Waals surface area contributed by atoms with Crippen molar-refractivity contribution in [2.45, 2.75) is 25.6 Å². The molecule has 4 nitrogen and oxygen atoms in total. The smallest absolute Gasteiger partial charge is 0.120 e. The fraction of sp³-hybridized carbons (Fsp3) is 0.538. The van der Waals surface area contributed by atoms with Gasteiger partial charge in [-0.3, -0.25) is 0 Å². The topological polar surface area (TPSA) is 61.7 Å². The third-order valence-electron chi connectivity index (χ3n) is 2.47. The van der Waals surface area contributed by atoms with Gasteiger partial charge in [0.1, 0.15) is 18.5 Å². The van der Waals surface area contributed by atoms with Gasteiger partial charge in [0.2, 0.25) is 0 Å². The zero-order chi connectivity index (χ0) is 13.4. The van der Waals surface area contributed by atoms with E-state index < -0.39 is 6.10 Å². The molecule has 0 saturated carbocycles. The molecular weight excluding hydrogens is 298 g/mol. The largest absolute Gasteiger partial charge is 0.491 e. The van der Waals surface area contributed by atoms with Crippen LogP contribution in [0.5, 0.6) is 5.75 Å². The molecule has 0 aromatic heterocycles. The summed E-state index contributed by atoms with van der Waals surface area (Å²) in [6.07, 6.45) is -0.242. The molecule has 0 radical (unpaired) electrons. The molecule has 0 aliphatic heterocycles. The maximum Gasteiger partial charge on any atom is 0.120 e. The first-order valence-electron chi connectivity index (χ1n) is 6.07. The molecule has 0 saturated heterocycles. The maximum absolute atomic E-state index is 9.68. The highest BCUT2D eigenvalue weighted by molar-refractivity contribution is 9.10. The van der Waals surface area contributed by atoms with Gasteiger partial charge in [-0.15, -0.1) is 0 Å². The average Bonchev–Trinajstić information content (AvgIpc) is 2.36. The van der Waals surface area contributed by atoms with E-state index in [1.807, 2.05) is 31.2 Å². The number of nitrogens with one attached hydrogen (secondary N) is 1. The molecule has 5 heteroatoms. The Labute approximate surface area is 116 Å². The molecular formula is C13H20BrNO3. The van der Waals surface area contributed by atoms with Crippen molar-refractivity contribution in [1.82, 2.24) is 5.32 Å². The van der Waals surface area contributed by atoms with Crippen LogP contribution in [-0.4, -0.2) is 42.1 Å². The summed E-state index contributed by atoms with van der Waals surface area (Å²) >= 11 is 3.35. The molecule has 2 unspecified atom stereocenters. The molecule has 0 spiro atoms. The minimum Gasteiger partial charge on any atom is -0.491 e. The Morgan fingerprint density at radius 1 is 1.28 bits per heavy atom. The van der Waals surface area contributed by atoms with E-state index in [-0.39, 0.29) is 12.7 Å².